The number of thiophene rings is 1. The maximum atomic E-state index is 6.42. The minimum Gasteiger partial charge on any atom is -0.456 e. The third kappa shape index (κ3) is 4.55. The van der Waals surface area contributed by atoms with Crippen molar-refractivity contribution in [2.24, 2.45) is 0 Å². The Hall–Kier alpha value is -6.16. The van der Waals surface area contributed by atoms with Crippen LogP contribution >= 0.6 is 11.3 Å². The molecule has 49 heavy (non-hydrogen) atoms. The van der Waals surface area contributed by atoms with Crippen LogP contribution in [0, 0.1) is 0 Å². The molecule has 0 aliphatic rings. The molecule has 0 saturated carbocycles. The van der Waals surface area contributed by atoms with Crippen molar-refractivity contribution in [1.82, 2.24) is 0 Å². The standard InChI is InChI=1S/C46H29NOS/c1-2-13-34-30(11-1)12-9-17-35(34)31-23-25-32(26-24-31)47(33-27-28-38-37-15-4-7-20-42(37)48-43(38)29-33)41-19-6-3-14-36(41)39-18-10-22-45-46(39)40-16-5-8-21-44(40)49-45/h1-29H. The summed E-state index contributed by atoms with van der Waals surface area (Å²) >= 11 is 1.86. The van der Waals surface area contributed by atoms with Gasteiger partial charge in [0.15, 0.2) is 0 Å². The number of para-hydroxylation sites is 2. The molecule has 0 N–H and O–H groups in total. The summed E-state index contributed by atoms with van der Waals surface area (Å²) in [4.78, 5) is 2.38. The molecular weight excluding hydrogens is 615 g/mol. The SMILES string of the molecule is c1ccc(N(c2ccc(-c3cccc4ccccc34)cc2)c2ccc3c(c2)oc2ccccc23)c(-c2cccc3sc4ccccc4c23)c1. The van der Waals surface area contributed by atoms with E-state index in [0.29, 0.717) is 0 Å². The average Bonchev–Trinajstić information content (AvgIpc) is 3.73. The van der Waals surface area contributed by atoms with Gasteiger partial charge in [0, 0.05) is 53.9 Å². The Labute approximate surface area is 287 Å². The Morgan fingerprint density at radius 1 is 0.408 bits per heavy atom. The highest BCUT2D eigenvalue weighted by Gasteiger charge is 2.21. The first-order valence-corrected chi connectivity index (χ1v) is 17.4. The molecule has 10 aromatic rings. The Morgan fingerprint density at radius 2 is 1.04 bits per heavy atom. The van der Waals surface area contributed by atoms with Crippen molar-refractivity contribution >= 4 is 81.3 Å². The van der Waals surface area contributed by atoms with Crippen molar-refractivity contribution in [3.8, 4) is 22.3 Å². The Bertz CT molecular complexity index is 2840. The molecule has 3 heteroatoms. The molecule has 2 nitrogen and oxygen atoms in total. The third-order valence-electron chi connectivity index (χ3n) is 9.68. The van der Waals surface area contributed by atoms with Crippen LogP contribution in [0.3, 0.4) is 0 Å². The highest BCUT2D eigenvalue weighted by Crippen LogP contribution is 2.47. The maximum absolute atomic E-state index is 6.42. The van der Waals surface area contributed by atoms with Gasteiger partial charge in [-0.1, -0.05) is 121 Å². The second-order valence-electron chi connectivity index (χ2n) is 12.5. The molecule has 0 fully saturated rings. The van der Waals surface area contributed by atoms with E-state index in [1.165, 1.54) is 53.2 Å². The number of rotatable bonds is 5. The van der Waals surface area contributed by atoms with Crippen LogP contribution in [0.4, 0.5) is 17.1 Å². The number of nitrogens with zero attached hydrogens (tertiary/aromatic N) is 1. The van der Waals surface area contributed by atoms with Gasteiger partial charge in [0.2, 0.25) is 0 Å². The van der Waals surface area contributed by atoms with E-state index < -0.39 is 0 Å². The summed E-state index contributed by atoms with van der Waals surface area (Å²) in [6, 6.07) is 63.2. The smallest absolute Gasteiger partial charge is 0.137 e. The van der Waals surface area contributed by atoms with Gasteiger partial charge in [0.25, 0.3) is 0 Å². The second-order valence-corrected chi connectivity index (χ2v) is 13.6. The van der Waals surface area contributed by atoms with Crippen LogP contribution in [0.1, 0.15) is 0 Å². The van der Waals surface area contributed by atoms with Crippen molar-refractivity contribution in [2.75, 3.05) is 4.90 Å². The van der Waals surface area contributed by atoms with Crippen molar-refractivity contribution in [1.29, 1.82) is 0 Å². The molecule has 0 spiro atoms. The number of hydrogen-bond acceptors (Lipinski definition) is 3. The van der Waals surface area contributed by atoms with Gasteiger partial charge in [-0.15, -0.1) is 11.3 Å². The normalized spacial score (nSPS) is 11.7. The average molecular weight is 644 g/mol. The van der Waals surface area contributed by atoms with Crippen LogP contribution in [0.25, 0.3) is 75.1 Å². The summed E-state index contributed by atoms with van der Waals surface area (Å²) in [6.07, 6.45) is 0. The summed E-state index contributed by atoms with van der Waals surface area (Å²) < 4.78 is 9.02. The molecular formula is C46H29NOS. The lowest BCUT2D eigenvalue weighted by molar-refractivity contribution is 0.669. The van der Waals surface area contributed by atoms with Crippen LogP contribution in [0.2, 0.25) is 0 Å². The van der Waals surface area contributed by atoms with E-state index >= 15 is 0 Å². The van der Waals surface area contributed by atoms with Gasteiger partial charge in [0.05, 0.1) is 5.69 Å². The van der Waals surface area contributed by atoms with E-state index in [1.54, 1.807) is 0 Å². The van der Waals surface area contributed by atoms with E-state index in [-0.39, 0.29) is 0 Å². The van der Waals surface area contributed by atoms with Crippen LogP contribution in [-0.4, -0.2) is 0 Å². The first-order valence-electron chi connectivity index (χ1n) is 16.6. The highest BCUT2D eigenvalue weighted by molar-refractivity contribution is 7.25. The van der Waals surface area contributed by atoms with Crippen molar-refractivity contribution in [3.63, 3.8) is 0 Å². The van der Waals surface area contributed by atoms with Gasteiger partial charge in [-0.25, -0.2) is 0 Å². The molecule has 8 aromatic carbocycles. The van der Waals surface area contributed by atoms with E-state index in [2.05, 4.69) is 169 Å². The molecule has 0 aliphatic carbocycles. The van der Waals surface area contributed by atoms with E-state index in [1.807, 2.05) is 23.5 Å². The zero-order valence-electron chi connectivity index (χ0n) is 26.5. The molecule has 0 saturated heterocycles. The van der Waals surface area contributed by atoms with Crippen molar-refractivity contribution in [2.45, 2.75) is 0 Å². The molecule has 10 rings (SSSR count). The molecule has 0 radical (unpaired) electrons. The van der Waals surface area contributed by atoms with E-state index in [0.717, 1.165) is 39.0 Å². The summed E-state index contributed by atoms with van der Waals surface area (Å²) in [6.45, 7) is 0. The summed E-state index contributed by atoms with van der Waals surface area (Å²) in [5, 5.41) is 7.34. The van der Waals surface area contributed by atoms with Crippen molar-refractivity contribution in [3.05, 3.63) is 176 Å². The number of anilines is 3. The summed E-state index contributed by atoms with van der Waals surface area (Å²) in [5.74, 6) is 0. The topological polar surface area (TPSA) is 16.4 Å². The van der Waals surface area contributed by atoms with Gasteiger partial charge in [0.1, 0.15) is 11.2 Å². The molecule has 0 unspecified atom stereocenters. The molecule has 2 heterocycles. The predicted octanol–water partition coefficient (Wildman–Crippen LogP) is 13.9. The lowest BCUT2D eigenvalue weighted by Gasteiger charge is -2.28. The van der Waals surface area contributed by atoms with Gasteiger partial charge < -0.3 is 9.32 Å². The monoisotopic (exact) mass is 643 g/mol. The quantitative estimate of drug-likeness (QED) is 0.186. The first-order chi connectivity index (χ1) is 24.3. The number of benzene rings is 8. The predicted molar refractivity (Wildman–Crippen MR) is 210 cm³/mol. The molecule has 230 valence electrons. The van der Waals surface area contributed by atoms with Gasteiger partial charge >= 0.3 is 0 Å². The number of hydrogen-bond donors (Lipinski definition) is 0. The fourth-order valence-corrected chi connectivity index (χ4v) is 8.58. The Balaban J connectivity index is 1.19. The zero-order chi connectivity index (χ0) is 32.3. The second kappa shape index (κ2) is 11.2. The Morgan fingerprint density at radius 3 is 1.96 bits per heavy atom. The lowest BCUT2D eigenvalue weighted by Crippen LogP contribution is -2.11. The first kappa shape index (κ1) is 27.9. The van der Waals surface area contributed by atoms with Crippen LogP contribution in [-0.2, 0) is 0 Å². The number of fused-ring (bicyclic) bond motifs is 7. The lowest BCUT2D eigenvalue weighted by atomic mass is 9.96. The molecule has 0 amide bonds. The molecule has 2 aromatic heterocycles. The van der Waals surface area contributed by atoms with Crippen LogP contribution in [0.15, 0.2) is 180 Å². The van der Waals surface area contributed by atoms with Crippen molar-refractivity contribution < 1.29 is 4.42 Å². The minimum absolute atomic E-state index is 0.875. The molecule has 0 bridgehead atoms. The highest BCUT2D eigenvalue weighted by atomic mass is 32.1. The van der Waals surface area contributed by atoms with Gasteiger partial charge in [-0.3, -0.25) is 0 Å². The van der Waals surface area contributed by atoms with E-state index in [9.17, 15) is 0 Å². The molecule has 0 atom stereocenters. The third-order valence-corrected chi connectivity index (χ3v) is 10.8. The van der Waals surface area contributed by atoms with Crippen LogP contribution < -0.4 is 4.90 Å². The fraction of sp³-hybridized carbons (Fsp3) is 0. The van der Waals surface area contributed by atoms with Gasteiger partial charge in [-0.05, 0) is 76.0 Å². The zero-order valence-corrected chi connectivity index (χ0v) is 27.3. The van der Waals surface area contributed by atoms with E-state index in [4.69, 9.17) is 4.42 Å². The summed E-state index contributed by atoms with van der Waals surface area (Å²) in [7, 11) is 0. The molecule has 0 aliphatic heterocycles. The maximum Gasteiger partial charge on any atom is 0.137 e. The largest absolute Gasteiger partial charge is 0.456 e. The minimum atomic E-state index is 0.875. The summed E-state index contributed by atoms with van der Waals surface area (Å²) in [5.41, 5.74) is 9.84. The van der Waals surface area contributed by atoms with Gasteiger partial charge in [-0.2, -0.15) is 0 Å². The fourth-order valence-electron chi connectivity index (χ4n) is 7.44. The van der Waals surface area contributed by atoms with Crippen LogP contribution in [0.5, 0.6) is 0 Å². The Kier molecular flexibility index (Phi) is 6.39. The number of furan rings is 1.